The SMILES string of the molecule is CCNCC(Cc1cccc(F)c1Br)c1ccc(Br)cc1. The Morgan fingerprint density at radius 3 is 2.48 bits per heavy atom. The van der Waals surface area contributed by atoms with E-state index in [2.05, 4.69) is 68.4 Å². The third kappa shape index (κ3) is 4.63. The summed E-state index contributed by atoms with van der Waals surface area (Å²) < 4.78 is 15.3. The van der Waals surface area contributed by atoms with Crippen LogP contribution in [0.5, 0.6) is 0 Å². The van der Waals surface area contributed by atoms with E-state index >= 15 is 0 Å². The highest BCUT2D eigenvalue weighted by molar-refractivity contribution is 9.10. The van der Waals surface area contributed by atoms with Crippen molar-refractivity contribution >= 4 is 31.9 Å². The Labute approximate surface area is 142 Å². The van der Waals surface area contributed by atoms with Gasteiger partial charge in [-0.1, -0.05) is 47.1 Å². The molecule has 0 aliphatic rings. The molecule has 1 nitrogen and oxygen atoms in total. The zero-order valence-corrected chi connectivity index (χ0v) is 15.0. The molecule has 0 aliphatic carbocycles. The molecule has 0 spiro atoms. The predicted molar refractivity (Wildman–Crippen MR) is 93.2 cm³/mol. The molecular formula is C17H18Br2FN. The van der Waals surface area contributed by atoms with Gasteiger partial charge in [0.2, 0.25) is 0 Å². The molecule has 0 saturated heterocycles. The van der Waals surface area contributed by atoms with Gasteiger partial charge in [-0.25, -0.2) is 4.39 Å². The minimum atomic E-state index is -0.203. The first-order valence-corrected chi connectivity index (χ1v) is 8.59. The highest BCUT2D eigenvalue weighted by atomic mass is 79.9. The summed E-state index contributed by atoms with van der Waals surface area (Å²) in [6, 6.07) is 13.6. The lowest BCUT2D eigenvalue weighted by atomic mass is 9.92. The average Bonchev–Trinajstić information content (AvgIpc) is 2.49. The molecular weight excluding hydrogens is 397 g/mol. The smallest absolute Gasteiger partial charge is 0.137 e. The average molecular weight is 415 g/mol. The Bertz CT molecular complexity index is 584. The van der Waals surface area contributed by atoms with Gasteiger partial charge in [0.1, 0.15) is 5.82 Å². The number of rotatable bonds is 6. The van der Waals surface area contributed by atoms with Crippen molar-refractivity contribution in [1.29, 1.82) is 0 Å². The third-order valence-electron chi connectivity index (χ3n) is 3.48. The first kappa shape index (κ1) is 16.7. The van der Waals surface area contributed by atoms with E-state index in [1.807, 2.05) is 6.07 Å². The molecule has 0 aromatic heterocycles. The van der Waals surface area contributed by atoms with Crippen LogP contribution in [-0.4, -0.2) is 13.1 Å². The normalized spacial score (nSPS) is 12.4. The van der Waals surface area contributed by atoms with Crippen LogP contribution >= 0.6 is 31.9 Å². The van der Waals surface area contributed by atoms with Gasteiger partial charge < -0.3 is 5.32 Å². The van der Waals surface area contributed by atoms with Crippen molar-refractivity contribution in [3.63, 3.8) is 0 Å². The number of nitrogens with one attached hydrogen (secondary N) is 1. The maximum Gasteiger partial charge on any atom is 0.137 e. The van der Waals surface area contributed by atoms with Crippen molar-refractivity contribution in [3.05, 3.63) is 68.4 Å². The summed E-state index contributed by atoms with van der Waals surface area (Å²) in [5.41, 5.74) is 2.26. The summed E-state index contributed by atoms with van der Waals surface area (Å²) in [6.07, 6.45) is 0.799. The monoisotopic (exact) mass is 413 g/mol. The maximum absolute atomic E-state index is 13.7. The van der Waals surface area contributed by atoms with E-state index in [9.17, 15) is 4.39 Å². The van der Waals surface area contributed by atoms with Gasteiger partial charge in [-0.15, -0.1) is 0 Å². The van der Waals surface area contributed by atoms with Crippen LogP contribution in [0.4, 0.5) is 4.39 Å². The largest absolute Gasteiger partial charge is 0.316 e. The second-order valence-electron chi connectivity index (χ2n) is 4.97. The van der Waals surface area contributed by atoms with Gasteiger partial charge in [-0.3, -0.25) is 0 Å². The van der Waals surface area contributed by atoms with E-state index in [0.29, 0.717) is 10.4 Å². The first-order chi connectivity index (χ1) is 10.1. The van der Waals surface area contributed by atoms with Gasteiger partial charge in [0.15, 0.2) is 0 Å². The van der Waals surface area contributed by atoms with Crippen LogP contribution < -0.4 is 5.32 Å². The van der Waals surface area contributed by atoms with Crippen LogP contribution in [0.2, 0.25) is 0 Å². The summed E-state index contributed by atoms with van der Waals surface area (Å²) in [5.74, 6) is 0.113. The molecule has 0 heterocycles. The molecule has 0 radical (unpaired) electrons. The Hall–Kier alpha value is -0.710. The van der Waals surface area contributed by atoms with Gasteiger partial charge in [0.05, 0.1) is 4.47 Å². The molecule has 1 unspecified atom stereocenters. The fraction of sp³-hybridized carbons (Fsp3) is 0.294. The second kappa shape index (κ2) is 8.06. The molecule has 112 valence electrons. The fourth-order valence-electron chi connectivity index (χ4n) is 2.33. The van der Waals surface area contributed by atoms with Gasteiger partial charge in [-0.2, -0.15) is 0 Å². The van der Waals surface area contributed by atoms with Crippen molar-refractivity contribution in [2.75, 3.05) is 13.1 Å². The Kier molecular flexibility index (Phi) is 6.40. The van der Waals surface area contributed by atoms with Crippen molar-refractivity contribution in [2.24, 2.45) is 0 Å². The standard InChI is InChI=1S/C17H18Br2FN/c1-2-21-11-14(12-6-8-15(18)9-7-12)10-13-4-3-5-16(20)17(13)19/h3-9,14,21H,2,10-11H2,1H3. The molecule has 21 heavy (non-hydrogen) atoms. The van der Waals surface area contributed by atoms with Crippen LogP contribution in [0.3, 0.4) is 0 Å². The van der Waals surface area contributed by atoms with Crippen molar-refractivity contribution < 1.29 is 4.39 Å². The molecule has 2 aromatic carbocycles. The molecule has 0 aliphatic heterocycles. The van der Waals surface area contributed by atoms with Crippen molar-refractivity contribution in [1.82, 2.24) is 5.32 Å². The van der Waals surface area contributed by atoms with E-state index < -0.39 is 0 Å². The van der Waals surface area contributed by atoms with E-state index in [1.165, 1.54) is 11.6 Å². The van der Waals surface area contributed by atoms with Crippen LogP contribution in [-0.2, 0) is 6.42 Å². The molecule has 4 heteroatoms. The summed E-state index contributed by atoms with van der Waals surface area (Å²) in [5, 5.41) is 3.40. The topological polar surface area (TPSA) is 12.0 Å². The lowest BCUT2D eigenvalue weighted by Gasteiger charge is -2.19. The molecule has 2 aromatic rings. The lowest BCUT2D eigenvalue weighted by molar-refractivity contribution is 0.585. The third-order valence-corrected chi connectivity index (χ3v) is 4.90. The molecule has 0 bridgehead atoms. The number of benzene rings is 2. The number of halogens is 3. The number of hydrogen-bond acceptors (Lipinski definition) is 1. The van der Waals surface area contributed by atoms with Crippen LogP contribution in [0.15, 0.2) is 51.4 Å². The Balaban J connectivity index is 2.23. The summed E-state index contributed by atoms with van der Waals surface area (Å²) in [7, 11) is 0. The summed E-state index contributed by atoms with van der Waals surface area (Å²) in [6.45, 7) is 3.90. The number of likely N-dealkylation sites (N-methyl/N-ethyl adjacent to an activating group) is 1. The molecule has 1 N–H and O–H groups in total. The van der Waals surface area contributed by atoms with Gasteiger partial charge in [0.25, 0.3) is 0 Å². The van der Waals surface area contributed by atoms with Crippen LogP contribution in [0, 0.1) is 5.82 Å². The predicted octanol–water partition coefficient (Wildman–Crippen LogP) is 5.29. The zero-order valence-electron chi connectivity index (χ0n) is 11.9. The summed E-state index contributed by atoms with van der Waals surface area (Å²) >= 11 is 6.82. The van der Waals surface area contributed by atoms with Crippen LogP contribution in [0.25, 0.3) is 0 Å². The molecule has 0 saturated carbocycles. The molecule has 1 atom stereocenters. The molecule has 0 fully saturated rings. The van der Waals surface area contributed by atoms with Crippen LogP contribution in [0.1, 0.15) is 24.0 Å². The minimum absolute atomic E-state index is 0.203. The van der Waals surface area contributed by atoms with Crippen molar-refractivity contribution in [3.8, 4) is 0 Å². The van der Waals surface area contributed by atoms with E-state index in [0.717, 1.165) is 29.5 Å². The van der Waals surface area contributed by atoms with Gasteiger partial charge in [-0.05, 0) is 58.2 Å². The first-order valence-electron chi connectivity index (χ1n) is 7.01. The maximum atomic E-state index is 13.7. The molecule has 2 rings (SSSR count). The van der Waals surface area contributed by atoms with E-state index in [4.69, 9.17) is 0 Å². The highest BCUT2D eigenvalue weighted by Crippen LogP contribution is 2.27. The highest BCUT2D eigenvalue weighted by Gasteiger charge is 2.15. The summed E-state index contributed by atoms with van der Waals surface area (Å²) in [4.78, 5) is 0. The lowest BCUT2D eigenvalue weighted by Crippen LogP contribution is -2.22. The fourth-order valence-corrected chi connectivity index (χ4v) is 3.02. The Morgan fingerprint density at radius 2 is 1.81 bits per heavy atom. The molecule has 0 amide bonds. The second-order valence-corrected chi connectivity index (χ2v) is 6.68. The van der Waals surface area contributed by atoms with E-state index in [1.54, 1.807) is 6.07 Å². The quantitative estimate of drug-likeness (QED) is 0.677. The minimum Gasteiger partial charge on any atom is -0.316 e. The van der Waals surface area contributed by atoms with Gasteiger partial charge >= 0.3 is 0 Å². The Morgan fingerprint density at radius 1 is 1.10 bits per heavy atom. The zero-order chi connectivity index (χ0) is 15.2. The van der Waals surface area contributed by atoms with Gasteiger partial charge in [0, 0.05) is 16.9 Å². The number of hydrogen-bond donors (Lipinski definition) is 1. The van der Waals surface area contributed by atoms with Crippen molar-refractivity contribution in [2.45, 2.75) is 19.3 Å². The van der Waals surface area contributed by atoms with E-state index in [-0.39, 0.29) is 5.82 Å².